The van der Waals surface area contributed by atoms with Gasteiger partial charge in [0.05, 0.1) is 83.3 Å². The molecule has 0 atom stereocenters. The predicted molar refractivity (Wildman–Crippen MR) is 113 cm³/mol. The lowest BCUT2D eigenvalue weighted by molar-refractivity contribution is -0.0178. The summed E-state index contributed by atoms with van der Waals surface area (Å²) in [5, 5.41) is 0.707. The SMILES string of the molecule is COCCOCCOCCOCCOCCOCCOC(=O)c1cc(Cl)ccc1Cl. The maximum atomic E-state index is 11.9. The Morgan fingerprint density at radius 3 is 1.60 bits per heavy atom. The van der Waals surface area contributed by atoms with Crippen molar-refractivity contribution in [2.75, 3.05) is 86.4 Å². The van der Waals surface area contributed by atoms with E-state index in [1.165, 1.54) is 6.07 Å². The van der Waals surface area contributed by atoms with Crippen LogP contribution in [-0.4, -0.2) is 92.4 Å². The van der Waals surface area contributed by atoms with Gasteiger partial charge in [0.25, 0.3) is 0 Å². The summed E-state index contributed by atoms with van der Waals surface area (Å²) in [6.45, 7) is 5.36. The standard InChI is InChI=1S/C20H30Cl2O8/c1-24-4-5-25-6-7-26-8-9-27-10-11-28-12-13-29-14-15-30-20(23)18-16-17(21)2-3-19(18)22/h2-3,16H,4-15H2,1H3. The third-order valence-electron chi connectivity index (χ3n) is 3.53. The lowest BCUT2D eigenvalue weighted by atomic mass is 10.2. The average Bonchev–Trinajstić information content (AvgIpc) is 2.74. The summed E-state index contributed by atoms with van der Waals surface area (Å²) in [6, 6.07) is 4.62. The van der Waals surface area contributed by atoms with E-state index in [9.17, 15) is 4.79 Å². The van der Waals surface area contributed by atoms with Gasteiger partial charge in [-0.2, -0.15) is 0 Å². The molecule has 10 heteroatoms. The third kappa shape index (κ3) is 14.1. The van der Waals surface area contributed by atoms with E-state index in [1.807, 2.05) is 0 Å². The summed E-state index contributed by atoms with van der Waals surface area (Å²) in [7, 11) is 1.63. The van der Waals surface area contributed by atoms with Crippen LogP contribution < -0.4 is 0 Å². The van der Waals surface area contributed by atoms with Gasteiger partial charge in [0, 0.05) is 12.1 Å². The van der Waals surface area contributed by atoms with E-state index in [4.69, 9.17) is 56.4 Å². The molecule has 0 amide bonds. The van der Waals surface area contributed by atoms with Crippen LogP contribution in [0.2, 0.25) is 10.0 Å². The first kappa shape index (κ1) is 27.1. The smallest absolute Gasteiger partial charge is 0.339 e. The minimum Gasteiger partial charge on any atom is -0.460 e. The Kier molecular flexibility index (Phi) is 16.9. The van der Waals surface area contributed by atoms with Gasteiger partial charge >= 0.3 is 5.97 Å². The number of hydrogen-bond donors (Lipinski definition) is 0. The fraction of sp³-hybridized carbons (Fsp3) is 0.650. The van der Waals surface area contributed by atoms with Crippen LogP contribution in [0.1, 0.15) is 10.4 Å². The molecule has 0 spiro atoms. The average molecular weight is 469 g/mol. The Balaban J connectivity index is 1.82. The molecule has 0 aromatic heterocycles. The number of rotatable bonds is 19. The van der Waals surface area contributed by atoms with E-state index >= 15 is 0 Å². The topological polar surface area (TPSA) is 81.7 Å². The van der Waals surface area contributed by atoms with Crippen molar-refractivity contribution in [3.05, 3.63) is 33.8 Å². The molecule has 172 valence electrons. The van der Waals surface area contributed by atoms with Gasteiger partial charge in [0.2, 0.25) is 0 Å². The summed E-state index contributed by atoms with van der Waals surface area (Å²) >= 11 is 11.8. The van der Waals surface area contributed by atoms with Crippen molar-refractivity contribution in [1.29, 1.82) is 0 Å². The van der Waals surface area contributed by atoms with Gasteiger partial charge in [-0.1, -0.05) is 23.2 Å². The molecular formula is C20H30Cl2O8. The van der Waals surface area contributed by atoms with Gasteiger partial charge in [0.15, 0.2) is 0 Å². The number of hydrogen-bond acceptors (Lipinski definition) is 8. The maximum Gasteiger partial charge on any atom is 0.339 e. The second-order valence-corrected chi connectivity index (χ2v) is 6.66. The number of methoxy groups -OCH3 is 1. The molecule has 1 aromatic carbocycles. The fourth-order valence-corrected chi connectivity index (χ4v) is 2.42. The quantitative estimate of drug-likeness (QED) is 0.226. The van der Waals surface area contributed by atoms with E-state index in [1.54, 1.807) is 19.2 Å². The third-order valence-corrected chi connectivity index (χ3v) is 4.09. The Morgan fingerprint density at radius 2 is 1.13 bits per heavy atom. The molecule has 0 N–H and O–H groups in total. The van der Waals surface area contributed by atoms with E-state index in [-0.39, 0.29) is 18.8 Å². The monoisotopic (exact) mass is 468 g/mol. The minimum atomic E-state index is -0.540. The molecular weight excluding hydrogens is 439 g/mol. The molecule has 0 aliphatic carbocycles. The lowest BCUT2D eigenvalue weighted by Crippen LogP contribution is -2.15. The van der Waals surface area contributed by atoms with Crippen molar-refractivity contribution in [2.45, 2.75) is 0 Å². The van der Waals surface area contributed by atoms with Crippen molar-refractivity contribution in [1.82, 2.24) is 0 Å². The first-order chi connectivity index (χ1) is 14.6. The summed E-state index contributed by atoms with van der Waals surface area (Å²) in [4.78, 5) is 11.9. The summed E-state index contributed by atoms with van der Waals surface area (Å²) < 4.78 is 36.7. The molecule has 0 saturated carbocycles. The second-order valence-electron chi connectivity index (χ2n) is 5.81. The maximum absolute atomic E-state index is 11.9. The Bertz CT molecular complexity index is 574. The first-order valence-corrected chi connectivity index (χ1v) is 10.4. The molecule has 0 aliphatic rings. The first-order valence-electron chi connectivity index (χ1n) is 9.65. The van der Waals surface area contributed by atoms with Crippen LogP contribution in [-0.2, 0) is 33.2 Å². The zero-order valence-corrected chi connectivity index (χ0v) is 18.8. The Hall–Kier alpha value is -0.970. The molecule has 0 radical (unpaired) electrons. The molecule has 0 fully saturated rings. The molecule has 0 heterocycles. The van der Waals surface area contributed by atoms with Crippen LogP contribution in [0.15, 0.2) is 18.2 Å². The van der Waals surface area contributed by atoms with Gasteiger partial charge in [0.1, 0.15) is 6.61 Å². The largest absolute Gasteiger partial charge is 0.460 e. The zero-order chi connectivity index (χ0) is 21.9. The van der Waals surface area contributed by atoms with Crippen LogP contribution in [0.25, 0.3) is 0 Å². The number of esters is 1. The van der Waals surface area contributed by atoms with Crippen LogP contribution in [0, 0.1) is 0 Å². The van der Waals surface area contributed by atoms with Gasteiger partial charge in [-0.05, 0) is 18.2 Å². The van der Waals surface area contributed by atoms with Crippen LogP contribution in [0.5, 0.6) is 0 Å². The van der Waals surface area contributed by atoms with Gasteiger partial charge in [-0.15, -0.1) is 0 Å². The van der Waals surface area contributed by atoms with Gasteiger partial charge in [-0.25, -0.2) is 4.79 Å². The summed E-state index contributed by atoms with van der Waals surface area (Å²) in [5.41, 5.74) is 0.230. The van der Waals surface area contributed by atoms with Crippen molar-refractivity contribution in [2.24, 2.45) is 0 Å². The highest BCUT2D eigenvalue weighted by atomic mass is 35.5. The molecule has 30 heavy (non-hydrogen) atoms. The van der Waals surface area contributed by atoms with Crippen molar-refractivity contribution in [3.63, 3.8) is 0 Å². The van der Waals surface area contributed by atoms with E-state index in [2.05, 4.69) is 0 Å². The number of benzene rings is 1. The van der Waals surface area contributed by atoms with E-state index in [0.29, 0.717) is 76.1 Å². The van der Waals surface area contributed by atoms with Gasteiger partial charge < -0.3 is 33.2 Å². The highest BCUT2D eigenvalue weighted by molar-refractivity contribution is 6.35. The highest BCUT2D eigenvalue weighted by Crippen LogP contribution is 2.21. The summed E-state index contributed by atoms with van der Waals surface area (Å²) in [5.74, 6) is -0.540. The van der Waals surface area contributed by atoms with E-state index < -0.39 is 5.97 Å². The molecule has 0 aliphatic heterocycles. The Labute approximate surface area is 187 Å². The van der Waals surface area contributed by atoms with Gasteiger partial charge in [-0.3, -0.25) is 0 Å². The second kappa shape index (κ2) is 18.8. The minimum absolute atomic E-state index is 0.113. The highest BCUT2D eigenvalue weighted by Gasteiger charge is 2.12. The van der Waals surface area contributed by atoms with Crippen molar-refractivity contribution < 1.29 is 38.0 Å². The molecule has 0 saturated heterocycles. The van der Waals surface area contributed by atoms with Crippen LogP contribution >= 0.6 is 23.2 Å². The molecule has 8 nitrogen and oxygen atoms in total. The number of halogens is 2. The molecule has 0 bridgehead atoms. The van der Waals surface area contributed by atoms with E-state index in [0.717, 1.165) is 0 Å². The number of ether oxygens (including phenoxy) is 7. The Morgan fingerprint density at radius 1 is 0.700 bits per heavy atom. The van der Waals surface area contributed by atoms with Crippen LogP contribution in [0.4, 0.5) is 0 Å². The molecule has 1 rings (SSSR count). The summed E-state index contributed by atoms with van der Waals surface area (Å²) in [6.07, 6.45) is 0. The number of carbonyl (C=O) groups is 1. The van der Waals surface area contributed by atoms with Crippen molar-refractivity contribution >= 4 is 29.2 Å². The lowest BCUT2D eigenvalue weighted by Gasteiger charge is -2.09. The molecule has 1 aromatic rings. The normalized spacial score (nSPS) is 11.0. The fourth-order valence-electron chi connectivity index (χ4n) is 2.05. The predicted octanol–water partition coefficient (Wildman–Crippen LogP) is 2.88. The van der Waals surface area contributed by atoms with Crippen molar-refractivity contribution in [3.8, 4) is 0 Å². The van der Waals surface area contributed by atoms with Crippen LogP contribution in [0.3, 0.4) is 0 Å². The zero-order valence-electron chi connectivity index (χ0n) is 17.2. The number of carbonyl (C=O) groups excluding carboxylic acids is 1. The molecule has 0 unspecified atom stereocenters.